The lowest BCUT2D eigenvalue weighted by Crippen LogP contribution is -2.51. The van der Waals surface area contributed by atoms with E-state index in [2.05, 4.69) is 5.32 Å². The minimum atomic E-state index is -0.991. The number of carboxylic acids is 1. The number of hydrogen-bond acceptors (Lipinski definition) is 3. The van der Waals surface area contributed by atoms with Crippen LogP contribution >= 0.6 is 0 Å². The summed E-state index contributed by atoms with van der Waals surface area (Å²) in [6.07, 6.45) is -0.0253. The largest absolute Gasteiger partial charge is 0.481 e. The summed E-state index contributed by atoms with van der Waals surface area (Å²) in [7, 11) is 0. The highest BCUT2D eigenvalue weighted by atomic mass is 16.4. The van der Waals surface area contributed by atoms with Crippen LogP contribution in [0.15, 0.2) is 0 Å². The third-order valence-electron chi connectivity index (χ3n) is 2.85. The smallest absolute Gasteiger partial charge is 0.308 e. The van der Waals surface area contributed by atoms with E-state index in [1.165, 1.54) is 4.90 Å². The minimum absolute atomic E-state index is 0.0253. The van der Waals surface area contributed by atoms with Crippen LogP contribution in [0.3, 0.4) is 0 Å². The summed E-state index contributed by atoms with van der Waals surface area (Å²) >= 11 is 0. The Labute approximate surface area is 106 Å². The van der Waals surface area contributed by atoms with E-state index in [9.17, 15) is 14.4 Å². The molecule has 0 aromatic rings. The first-order valence-electron chi connectivity index (χ1n) is 5.96. The van der Waals surface area contributed by atoms with E-state index in [4.69, 9.17) is 5.11 Å². The van der Waals surface area contributed by atoms with Gasteiger partial charge in [0.2, 0.25) is 11.8 Å². The zero-order valence-corrected chi connectivity index (χ0v) is 11.2. The van der Waals surface area contributed by atoms with Crippen LogP contribution in [0.2, 0.25) is 0 Å². The molecule has 1 aliphatic heterocycles. The van der Waals surface area contributed by atoms with Crippen molar-refractivity contribution in [3.05, 3.63) is 0 Å². The van der Waals surface area contributed by atoms with E-state index in [0.717, 1.165) is 0 Å². The van der Waals surface area contributed by atoms with Gasteiger partial charge in [0.15, 0.2) is 0 Å². The topological polar surface area (TPSA) is 86.7 Å². The molecule has 2 unspecified atom stereocenters. The van der Waals surface area contributed by atoms with Gasteiger partial charge in [-0.05, 0) is 27.7 Å². The molecule has 2 amide bonds. The molecule has 1 fully saturated rings. The summed E-state index contributed by atoms with van der Waals surface area (Å²) in [5.41, 5.74) is -0.375. The van der Waals surface area contributed by atoms with Crippen molar-refractivity contribution >= 4 is 17.8 Å². The third kappa shape index (κ3) is 3.45. The molecule has 1 saturated heterocycles. The Bertz CT molecular complexity index is 373. The Kier molecular flexibility index (Phi) is 3.98. The van der Waals surface area contributed by atoms with Crippen LogP contribution in [0.25, 0.3) is 0 Å². The van der Waals surface area contributed by atoms with Gasteiger partial charge in [-0.25, -0.2) is 0 Å². The lowest BCUT2D eigenvalue weighted by Gasteiger charge is -2.28. The highest BCUT2D eigenvalue weighted by Crippen LogP contribution is 2.20. The lowest BCUT2D eigenvalue weighted by molar-refractivity contribution is -0.141. The first kappa shape index (κ1) is 14.5. The summed E-state index contributed by atoms with van der Waals surface area (Å²) in [5, 5.41) is 11.7. The van der Waals surface area contributed by atoms with Crippen molar-refractivity contribution in [3.63, 3.8) is 0 Å². The van der Waals surface area contributed by atoms with Gasteiger partial charge in [-0.1, -0.05) is 0 Å². The first-order chi connectivity index (χ1) is 8.11. The Morgan fingerprint density at radius 1 is 1.44 bits per heavy atom. The van der Waals surface area contributed by atoms with Gasteiger partial charge >= 0.3 is 5.97 Å². The molecule has 1 rings (SSSR count). The number of nitrogens with one attached hydrogen (secondary N) is 1. The average Bonchev–Trinajstić information content (AvgIpc) is 2.56. The zero-order chi connectivity index (χ0) is 14.1. The molecule has 2 N–H and O–H groups in total. The maximum absolute atomic E-state index is 11.9. The summed E-state index contributed by atoms with van der Waals surface area (Å²) < 4.78 is 0. The van der Waals surface area contributed by atoms with Crippen molar-refractivity contribution in [2.24, 2.45) is 5.92 Å². The zero-order valence-electron chi connectivity index (χ0n) is 11.2. The molecule has 6 heteroatoms. The van der Waals surface area contributed by atoms with Crippen molar-refractivity contribution in [1.82, 2.24) is 10.2 Å². The van der Waals surface area contributed by atoms with Crippen LogP contribution in [0, 0.1) is 5.92 Å². The summed E-state index contributed by atoms with van der Waals surface area (Å²) in [6, 6.07) is -0.638. The minimum Gasteiger partial charge on any atom is -0.481 e. The van der Waals surface area contributed by atoms with E-state index in [1.54, 1.807) is 6.92 Å². The van der Waals surface area contributed by atoms with Gasteiger partial charge in [0.1, 0.15) is 6.04 Å². The fourth-order valence-corrected chi connectivity index (χ4v) is 1.89. The second-order valence-electron chi connectivity index (χ2n) is 5.70. The number of carbonyl (C=O) groups excluding carboxylic acids is 2. The molecule has 0 bridgehead atoms. The molecule has 0 aliphatic carbocycles. The standard InChI is InChI=1S/C12H20N2O4/c1-7(10(16)13-12(2,3)4)14-6-8(11(17)18)5-9(14)15/h7-8H,5-6H2,1-4H3,(H,13,16)(H,17,18). The van der Waals surface area contributed by atoms with Gasteiger partial charge in [-0.2, -0.15) is 0 Å². The molecule has 2 atom stereocenters. The molecule has 6 nitrogen and oxygen atoms in total. The van der Waals surface area contributed by atoms with Crippen LogP contribution in [-0.4, -0.2) is 45.9 Å². The van der Waals surface area contributed by atoms with Crippen molar-refractivity contribution in [2.45, 2.75) is 45.7 Å². The van der Waals surface area contributed by atoms with Gasteiger partial charge in [0, 0.05) is 18.5 Å². The van der Waals surface area contributed by atoms with Crippen molar-refractivity contribution in [1.29, 1.82) is 0 Å². The van der Waals surface area contributed by atoms with Gasteiger partial charge in [-0.15, -0.1) is 0 Å². The summed E-state index contributed by atoms with van der Waals surface area (Å²) in [4.78, 5) is 35.8. The highest BCUT2D eigenvalue weighted by molar-refractivity contribution is 5.91. The van der Waals surface area contributed by atoms with Crippen molar-refractivity contribution in [3.8, 4) is 0 Å². The number of likely N-dealkylation sites (tertiary alicyclic amines) is 1. The van der Waals surface area contributed by atoms with E-state index in [-0.39, 0.29) is 30.3 Å². The number of amides is 2. The molecule has 1 aliphatic rings. The number of hydrogen-bond donors (Lipinski definition) is 2. The number of rotatable bonds is 3. The molecule has 0 radical (unpaired) electrons. The summed E-state index contributed by atoms with van der Waals surface area (Å²) in [6.45, 7) is 7.27. The molecule has 0 aromatic carbocycles. The summed E-state index contributed by atoms with van der Waals surface area (Å²) in [5.74, 6) is -2.24. The number of carboxylic acid groups (broad SMARTS) is 1. The average molecular weight is 256 g/mol. The fraction of sp³-hybridized carbons (Fsp3) is 0.750. The van der Waals surface area contributed by atoms with Gasteiger partial charge in [0.05, 0.1) is 5.92 Å². The predicted molar refractivity (Wildman–Crippen MR) is 64.8 cm³/mol. The Hall–Kier alpha value is -1.59. The van der Waals surface area contributed by atoms with Crippen molar-refractivity contribution in [2.75, 3.05) is 6.54 Å². The number of nitrogens with zero attached hydrogens (tertiary/aromatic N) is 1. The molecule has 1 heterocycles. The van der Waals surface area contributed by atoms with Crippen LogP contribution in [-0.2, 0) is 14.4 Å². The quantitative estimate of drug-likeness (QED) is 0.756. The number of carbonyl (C=O) groups is 3. The van der Waals surface area contributed by atoms with Crippen LogP contribution in [0.5, 0.6) is 0 Å². The second kappa shape index (κ2) is 4.96. The van der Waals surface area contributed by atoms with Gasteiger partial charge in [0.25, 0.3) is 0 Å². The Morgan fingerprint density at radius 3 is 2.39 bits per heavy atom. The molecule has 18 heavy (non-hydrogen) atoms. The van der Waals surface area contributed by atoms with Gasteiger partial charge in [-0.3, -0.25) is 14.4 Å². The number of aliphatic carboxylic acids is 1. The monoisotopic (exact) mass is 256 g/mol. The predicted octanol–water partition coefficient (Wildman–Crippen LogP) is 0.223. The Balaban J connectivity index is 2.68. The van der Waals surface area contributed by atoms with E-state index >= 15 is 0 Å². The SMILES string of the molecule is CC(C(=O)NC(C)(C)C)N1CC(C(=O)O)CC1=O. The van der Waals surface area contributed by atoms with E-state index in [1.807, 2.05) is 20.8 Å². The Morgan fingerprint density at radius 2 is 2.00 bits per heavy atom. The normalized spacial score (nSPS) is 21.9. The molecule has 0 saturated carbocycles. The maximum atomic E-state index is 11.9. The molecule has 0 spiro atoms. The molecule has 102 valence electrons. The third-order valence-corrected chi connectivity index (χ3v) is 2.85. The second-order valence-corrected chi connectivity index (χ2v) is 5.70. The maximum Gasteiger partial charge on any atom is 0.308 e. The molecular formula is C12H20N2O4. The van der Waals surface area contributed by atoms with Crippen molar-refractivity contribution < 1.29 is 19.5 Å². The fourth-order valence-electron chi connectivity index (χ4n) is 1.89. The van der Waals surface area contributed by atoms with E-state index < -0.39 is 17.9 Å². The van der Waals surface area contributed by atoms with Crippen LogP contribution in [0.4, 0.5) is 0 Å². The van der Waals surface area contributed by atoms with Crippen LogP contribution in [0.1, 0.15) is 34.1 Å². The van der Waals surface area contributed by atoms with E-state index in [0.29, 0.717) is 0 Å². The molecule has 0 aromatic heterocycles. The lowest BCUT2D eigenvalue weighted by atomic mass is 10.1. The van der Waals surface area contributed by atoms with Crippen LogP contribution < -0.4 is 5.32 Å². The molecular weight excluding hydrogens is 236 g/mol. The first-order valence-corrected chi connectivity index (χ1v) is 5.96. The van der Waals surface area contributed by atoms with Gasteiger partial charge < -0.3 is 15.3 Å². The highest BCUT2D eigenvalue weighted by Gasteiger charge is 2.39.